The summed E-state index contributed by atoms with van der Waals surface area (Å²) < 4.78 is 0. The fraction of sp³-hybridized carbons (Fsp3) is 0.364. The Kier molecular flexibility index (Phi) is 5.27. The van der Waals surface area contributed by atoms with Crippen LogP contribution in [-0.4, -0.2) is 49.4 Å². The summed E-state index contributed by atoms with van der Waals surface area (Å²) in [6.07, 6.45) is 0.293. The summed E-state index contributed by atoms with van der Waals surface area (Å²) in [4.78, 5) is 31.3. The van der Waals surface area contributed by atoms with Gasteiger partial charge in [0.2, 0.25) is 11.8 Å². The summed E-state index contributed by atoms with van der Waals surface area (Å²) in [7, 11) is 0. The van der Waals surface area contributed by atoms with Crippen molar-refractivity contribution >= 4 is 34.8 Å². The molecule has 0 radical (unpaired) electrons. The minimum Gasteiger partial charge on any atom is -0.368 e. The molecule has 4 rings (SSSR count). The van der Waals surface area contributed by atoms with E-state index < -0.39 is 0 Å². The summed E-state index contributed by atoms with van der Waals surface area (Å²) >= 11 is 6.09. The van der Waals surface area contributed by atoms with E-state index in [9.17, 15) is 9.59 Å². The maximum absolute atomic E-state index is 13.0. The SMILES string of the molecule is Cc1ccc(N2CC(C(=O)N3CCN(c4cccc(Cl)c4)CC3)CC2=O)cc1. The molecule has 0 aromatic heterocycles. The standard InChI is InChI=1S/C22H24ClN3O2/c1-16-5-7-19(8-6-16)26-15-17(13-21(26)27)22(28)25-11-9-24(10-12-25)20-4-2-3-18(23)14-20/h2-8,14,17H,9-13,15H2,1H3. The molecule has 28 heavy (non-hydrogen) atoms. The van der Waals surface area contributed by atoms with Crippen LogP contribution in [0.5, 0.6) is 0 Å². The van der Waals surface area contributed by atoms with Crippen LogP contribution in [0.25, 0.3) is 0 Å². The van der Waals surface area contributed by atoms with Crippen molar-refractivity contribution in [3.8, 4) is 0 Å². The average Bonchev–Trinajstić information content (AvgIpc) is 3.10. The predicted octanol–water partition coefficient (Wildman–Crippen LogP) is 3.35. The molecule has 2 fully saturated rings. The van der Waals surface area contributed by atoms with Crippen LogP contribution in [0.3, 0.4) is 0 Å². The van der Waals surface area contributed by atoms with Crippen LogP contribution in [0.4, 0.5) is 11.4 Å². The Morgan fingerprint density at radius 1 is 1.00 bits per heavy atom. The molecule has 2 aromatic rings. The Hall–Kier alpha value is -2.53. The molecule has 2 amide bonds. The molecule has 2 aromatic carbocycles. The molecule has 146 valence electrons. The summed E-state index contributed by atoms with van der Waals surface area (Å²) in [5.41, 5.74) is 3.11. The van der Waals surface area contributed by atoms with Crippen molar-refractivity contribution in [1.82, 2.24) is 4.90 Å². The van der Waals surface area contributed by atoms with Gasteiger partial charge in [-0.3, -0.25) is 9.59 Å². The quantitative estimate of drug-likeness (QED) is 0.797. The van der Waals surface area contributed by atoms with Gasteiger partial charge in [0.25, 0.3) is 0 Å². The number of hydrogen-bond donors (Lipinski definition) is 0. The molecule has 0 aliphatic carbocycles. The fourth-order valence-electron chi connectivity index (χ4n) is 3.96. The van der Waals surface area contributed by atoms with Crippen molar-refractivity contribution in [1.29, 1.82) is 0 Å². The number of carbonyl (C=O) groups is 2. The van der Waals surface area contributed by atoms with E-state index in [0.29, 0.717) is 26.1 Å². The number of hydrogen-bond acceptors (Lipinski definition) is 3. The zero-order valence-electron chi connectivity index (χ0n) is 16.0. The number of piperazine rings is 1. The minimum absolute atomic E-state index is 0.0276. The van der Waals surface area contributed by atoms with Crippen LogP contribution in [0.2, 0.25) is 5.02 Å². The number of nitrogens with zero attached hydrogens (tertiary/aromatic N) is 3. The first kappa shape index (κ1) is 18.8. The minimum atomic E-state index is -0.258. The van der Waals surface area contributed by atoms with Crippen molar-refractivity contribution in [2.45, 2.75) is 13.3 Å². The first-order valence-electron chi connectivity index (χ1n) is 9.67. The lowest BCUT2D eigenvalue weighted by molar-refractivity contribution is -0.136. The van der Waals surface area contributed by atoms with Crippen molar-refractivity contribution in [2.24, 2.45) is 5.92 Å². The molecule has 2 saturated heterocycles. The number of halogens is 1. The van der Waals surface area contributed by atoms with Gasteiger partial charge in [-0.25, -0.2) is 0 Å². The van der Waals surface area contributed by atoms with Gasteiger partial charge in [0.15, 0.2) is 0 Å². The number of amides is 2. The molecule has 2 aliphatic heterocycles. The molecule has 2 aliphatic rings. The largest absolute Gasteiger partial charge is 0.368 e. The Morgan fingerprint density at radius 2 is 1.71 bits per heavy atom. The monoisotopic (exact) mass is 397 g/mol. The summed E-state index contributed by atoms with van der Waals surface area (Å²) in [6, 6.07) is 15.7. The van der Waals surface area contributed by atoms with E-state index in [1.165, 1.54) is 0 Å². The normalized spacial score (nSPS) is 20.0. The number of anilines is 2. The summed E-state index contributed by atoms with van der Waals surface area (Å²) in [5, 5.41) is 0.719. The summed E-state index contributed by atoms with van der Waals surface area (Å²) in [5.74, 6) is -0.139. The zero-order valence-corrected chi connectivity index (χ0v) is 16.7. The van der Waals surface area contributed by atoms with Gasteiger partial charge in [0.05, 0.1) is 5.92 Å². The molecule has 0 saturated carbocycles. The van der Waals surface area contributed by atoms with Crippen LogP contribution in [0, 0.1) is 12.8 Å². The van der Waals surface area contributed by atoms with Crippen molar-refractivity contribution in [3.05, 3.63) is 59.1 Å². The van der Waals surface area contributed by atoms with Crippen molar-refractivity contribution in [3.63, 3.8) is 0 Å². The molecule has 0 N–H and O–H groups in total. The Balaban J connectivity index is 1.36. The van der Waals surface area contributed by atoms with Gasteiger partial charge < -0.3 is 14.7 Å². The number of aryl methyl sites for hydroxylation is 1. The smallest absolute Gasteiger partial charge is 0.228 e. The molecule has 5 nitrogen and oxygen atoms in total. The van der Waals surface area contributed by atoms with Gasteiger partial charge >= 0.3 is 0 Å². The first-order chi connectivity index (χ1) is 13.5. The molecule has 1 atom stereocenters. The Bertz CT molecular complexity index is 876. The lowest BCUT2D eigenvalue weighted by Crippen LogP contribution is -2.50. The van der Waals surface area contributed by atoms with Crippen molar-refractivity contribution in [2.75, 3.05) is 42.5 Å². The van der Waals surface area contributed by atoms with Gasteiger partial charge in [0.1, 0.15) is 0 Å². The summed E-state index contributed by atoms with van der Waals surface area (Å²) in [6.45, 7) is 5.37. The van der Waals surface area contributed by atoms with E-state index in [1.807, 2.05) is 60.4 Å². The number of rotatable bonds is 3. The molecular weight excluding hydrogens is 374 g/mol. The van der Waals surface area contributed by atoms with Crippen LogP contribution in [0.15, 0.2) is 48.5 Å². The van der Waals surface area contributed by atoms with Crippen molar-refractivity contribution < 1.29 is 9.59 Å². The van der Waals surface area contributed by atoms with Gasteiger partial charge in [-0.1, -0.05) is 35.4 Å². The van der Waals surface area contributed by atoms with Gasteiger partial charge in [-0.15, -0.1) is 0 Å². The lowest BCUT2D eigenvalue weighted by atomic mass is 10.1. The third-order valence-corrected chi connectivity index (χ3v) is 5.82. The zero-order chi connectivity index (χ0) is 19.7. The highest BCUT2D eigenvalue weighted by Crippen LogP contribution is 2.27. The predicted molar refractivity (Wildman–Crippen MR) is 112 cm³/mol. The number of benzene rings is 2. The fourth-order valence-corrected chi connectivity index (χ4v) is 4.15. The molecule has 0 spiro atoms. The van der Waals surface area contributed by atoms with Gasteiger partial charge in [-0.05, 0) is 37.3 Å². The maximum Gasteiger partial charge on any atom is 0.228 e. The van der Waals surface area contributed by atoms with Crippen LogP contribution in [-0.2, 0) is 9.59 Å². The van der Waals surface area contributed by atoms with E-state index in [0.717, 1.165) is 35.1 Å². The van der Waals surface area contributed by atoms with Crippen LogP contribution < -0.4 is 9.80 Å². The number of carbonyl (C=O) groups excluding carboxylic acids is 2. The second kappa shape index (κ2) is 7.84. The maximum atomic E-state index is 13.0. The topological polar surface area (TPSA) is 43.9 Å². The highest BCUT2D eigenvalue weighted by atomic mass is 35.5. The molecular formula is C22H24ClN3O2. The van der Waals surface area contributed by atoms with Crippen LogP contribution in [0.1, 0.15) is 12.0 Å². The van der Waals surface area contributed by atoms with Crippen LogP contribution >= 0.6 is 11.6 Å². The molecule has 0 bridgehead atoms. The Morgan fingerprint density at radius 3 is 2.39 bits per heavy atom. The average molecular weight is 398 g/mol. The lowest BCUT2D eigenvalue weighted by Gasteiger charge is -2.37. The molecule has 2 heterocycles. The van der Waals surface area contributed by atoms with Gasteiger partial charge in [-0.2, -0.15) is 0 Å². The molecule has 1 unspecified atom stereocenters. The van der Waals surface area contributed by atoms with E-state index in [-0.39, 0.29) is 17.7 Å². The van der Waals surface area contributed by atoms with E-state index in [4.69, 9.17) is 11.6 Å². The van der Waals surface area contributed by atoms with E-state index in [2.05, 4.69) is 4.90 Å². The second-order valence-electron chi connectivity index (χ2n) is 7.53. The third kappa shape index (κ3) is 3.85. The third-order valence-electron chi connectivity index (χ3n) is 5.58. The van der Waals surface area contributed by atoms with Gasteiger partial charge in [0, 0.05) is 55.5 Å². The first-order valence-corrected chi connectivity index (χ1v) is 10.1. The van der Waals surface area contributed by atoms with E-state index in [1.54, 1.807) is 4.90 Å². The molecule has 6 heteroatoms. The second-order valence-corrected chi connectivity index (χ2v) is 7.97. The Labute approximate surface area is 170 Å². The highest BCUT2D eigenvalue weighted by molar-refractivity contribution is 6.30. The highest BCUT2D eigenvalue weighted by Gasteiger charge is 2.37. The van der Waals surface area contributed by atoms with E-state index >= 15 is 0 Å².